The average molecular weight is 784 g/mol. The van der Waals surface area contributed by atoms with Gasteiger partial charge in [0.15, 0.2) is 0 Å². The molecule has 0 bridgehead atoms. The Morgan fingerprint density at radius 3 is 1.90 bits per heavy atom. The average Bonchev–Trinajstić information content (AvgIpc) is 4.01. The Kier molecular flexibility index (Phi) is 7.18. The van der Waals surface area contributed by atoms with E-state index in [1.54, 1.807) is 0 Å². The minimum atomic E-state index is 0.857. The highest BCUT2D eigenvalue weighted by Crippen LogP contribution is 2.48. The zero-order valence-corrected chi connectivity index (χ0v) is 33.0. The van der Waals surface area contributed by atoms with Crippen molar-refractivity contribution in [3.05, 3.63) is 200 Å². The van der Waals surface area contributed by atoms with Crippen LogP contribution in [0.4, 0.5) is 17.1 Å². The van der Waals surface area contributed by atoms with Gasteiger partial charge in [0, 0.05) is 53.0 Å². The van der Waals surface area contributed by atoms with Gasteiger partial charge in [-0.2, -0.15) is 0 Å². The van der Waals surface area contributed by atoms with Crippen molar-refractivity contribution in [2.24, 2.45) is 0 Å². The Hall–Kier alpha value is -7.66. The van der Waals surface area contributed by atoms with E-state index in [0.29, 0.717) is 0 Å². The van der Waals surface area contributed by atoms with Gasteiger partial charge in [0.2, 0.25) is 0 Å². The smallest absolute Gasteiger partial charge is 0.143 e. The molecule has 10 aromatic carbocycles. The van der Waals surface area contributed by atoms with Crippen molar-refractivity contribution in [1.82, 2.24) is 0 Å². The van der Waals surface area contributed by atoms with Gasteiger partial charge in [-0.25, -0.2) is 0 Å². The van der Waals surface area contributed by atoms with Crippen molar-refractivity contribution in [3.63, 3.8) is 0 Å². The van der Waals surface area contributed by atoms with Crippen LogP contribution in [0.3, 0.4) is 0 Å². The molecule has 0 spiro atoms. The predicted octanol–water partition coefficient (Wildman–Crippen LogP) is 17.0. The van der Waals surface area contributed by atoms with Gasteiger partial charge in [-0.15, -0.1) is 11.3 Å². The first-order chi connectivity index (χ1) is 29.7. The molecule has 0 saturated heterocycles. The first-order valence-electron chi connectivity index (χ1n) is 20.3. The molecule has 60 heavy (non-hydrogen) atoms. The molecule has 0 saturated carbocycles. The Bertz CT molecular complexity index is 3870. The number of para-hydroxylation sites is 3. The van der Waals surface area contributed by atoms with Crippen LogP contribution >= 0.6 is 11.3 Å². The molecule has 13 rings (SSSR count). The topological polar surface area (TPSA) is 29.5 Å². The lowest BCUT2D eigenvalue weighted by Gasteiger charge is -2.28. The van der Waals surface area contributed by atoms with Gasteiger partial charge in [0.05, 0.1) is 16.8 Å². The van der Waals surface area contributed by atoms with E-state index in [9.17, 15) is 0 Å². The van der Waals surface area contributed by atoms with Crippen LogP contribution in [0.5, 0.6) is 0 Å². The van der Waals surface area contributed by atoms with E-state index in [1.807, 2.05) is 23.5 Å². The molecule has 4 heteroatoms. The first-order valence-corrected chi connectivity index (χ1v) is 21.1. The third-order valence-electron chi connectivity index (χ3n) is 12.3. The monoisotopic (exact) mass is 783 g/mol. The normalized spacial score (nSPS) is 12.0. The van der Waals surface area contributed by atoms with Crippen molar-refractivity contribution in [2.45, 2.75) is 0 Å². The van der Waals surface area contributed by atoms with Crippen LogP contribution in [0.2, 0.25) is 0 Å². The van der Waals surface area contributed by atoms with Gasteiger partial charge < -0.3 is 13.7 Å². The van der Waals surface area contributed by atoms with Crippen molar-refractivity contribution in [1.29, 1.82) is 0 Å². The number of nitrogens with zero attached hydrogens (tertiary/aromatic N) is 1. The van der Waals surface area contributed by atoms with Crippen molar-refractivity contribution in [3.8, 4) is 22.3 Å². The van der Waals surface area contributed by atoms with Crippen LogP contribution in [-0.2, 0) is 0 Å². The number of anilines is 3. The first kappa shape index (κ1) is 33.3. The summed E-state index contributed by atoms with van der Waals surface area (Å²) >= 11 is 1.87. The minimum Gasteiger partial charge on any atom is -0.456 e. The van der Waals surface area contributed by atoms with E-state index in [-0.39, 0.29) is 0 Å². The standard InChI is InChI=1S/C56H33NO2S/c1-4-24-50-42(12-1)45-20-9-19-44(55(45)59-50)40-16-8-18-41-39(40)17-10-22-48(41)57(49-23-11-26-52-54(49)47-14-2-5-25-51(47)58-52)37-31-30-34-28-29-35(32-36(34)33-37)38-15-7-21-46-43-13-3-6-27-53(43)60-56(38)46/h1-33H. The summed E-state index contributed by atoms with van der Waals surface area (Å²) in [5.41, 5.74) is 11.4. The number of thiophene rings is 1. The van der Waals surface area contributed by atoms with Gasteiger partial charge in [-0.05, 0) is 87.4 Å². The van der Waals surface area contributed by atoms with E-state index < -0.39 is 0 Å². The fraction of sp³-hybridized carbons (Fsp3) is 0. The van der Waals surface area contributed by atoms with E-state index in [0.717, 1.165) is 82.8 Å². The highest BCUT2D eigenvalue weighted by molar-refractivity contribution is 7.26. The van der Waals surface area contributed by atoms with Crippen LogP contribution in [0.1, 0.15) is 0 Å². The molecule has 0 aliphatic rings. The number of hydrogen-bond donors (Lipinski definition) is 0. The van der Waals surface area contributed by atoms with Gasteiger partial charge in [-0.3, -0.25) is 0 Å². The third kappa shape index (κ3) is 4.95. The molecule has 13 aromatic rings. The maximum atomic E-state index is 6.58. The fourth-order valence-electron chi connectivity index (χ4n) is 9.55. The maximum Gasteiger partial charge on any atom is 0.143 e. The summed E-state index contributed by atoms with van der Waals surface area (Å²) in [4.78, 5) is 2.43. The molecule has 0 unspecified atom stereocenters. The molecule has 3 nitrogen and oxygen atoms in total. The lowest BCUT2D eigenvalue weighted by atomic mass is 9.95. The molecule has 0 amide bonds. The van der Waals surface area contributed by atoms with E-state index >= 15 is 0 Å². The SMILES string of the molecule is c1ccc2c(c1)oc1c(-c3cccc4c(N(c5ccc6ccc(-c7cccc8c7sc7ccccc78)cc6c5)c5cccc6oc7ccccc7c56)cccc34)cccc12. The summed E-state index contributed by atoms with van der Waals surface area (Å²) in [6.45, 7) is 0. The van der Waals surface area contributed by atoms with E-state index in [1.165, 1.54) is 42.1 Å². The number of fused-ring (bicyclic) bond motifs is 11. The number of hydrogen-bond acceptors (Lipinski definition) is 4. The van der Waals surface area contributed by atoms with Crippen LogP contribution in [0.15, 0.2) is 209 Å². The van der Waals surface area contributed by atoms with Gasteiger partial charge in [0.25, 0.3) is 0 Å². The Morgan fingerprint density at radius 2 is 1.00 bits per heavy atom. The molecular weight excluding hydrogens is 751 g/mol. The molecule has 0 aliphatic heterocycles. The quantitative estimate of drug-likeness (QED) is 0.174. The summed E-state index contributed by atoms with van der Waals surface area (Å²) in [5, 5.41) is 11.7. The summed E-state index contributed by atoms with van der Waals surface area (Å²) in [7, 11) is 0. The van der Waals surface area contributed by atoms with Gasteiger partial charge >= 0.3 is 0 Å². The van der Waals surface area contributed by atoms with Crippen LogP contribution in [0.25, 0.3) is 108 Å². The van der Waals surface area contributed by atoms with Crippen LogP contribution in [0, 0.1) is 0 Å². The highest BCUT2D eigenvalue weighted by Gasteiger charge is 2.23. The lowest BCUT2D eigenvalue weighted by molar-refractivity contribution is 0.669. The van der Waals surface area contributed by atoms with Gasteiger partial charge in [-0.1, -0.05) is 146 Å². The molecule has 0 fully saturated rings. The van der Waals surface area contributed by atoms with Crippen LogP contribution in [-0.4, -0.2) is 0 Å². The zero-order valence-electron chi connectivity index (χ0n) is 32.2. The molecular formula is C56H33NO2S. The van der Waals surface area contributed by atoms with Crippen molar-refractivity contribution >= 4 is 114 Å². The molecule has 0 radical (unpaired) electrons. The lowest BCUT2D eigenvalue weighted by Crippen LogP contribution is -2.11. The molecule has 3 heterocycles. The Morgan fingerprint density at radius 1 is 0.367 bits per heavy atom. The summed E-state index contributed by atoms with van der Waals surface area (Å²) in [6.07, 6.45) is 0. The second-order valence-electron chi connectivity index (χ2n) is 15.6. The van der Waals surface area contributed by atoms with Crippen molar-refractivity contribution in [2.75, 3.05) is 4.90 Å². The van der Waals surface area contributed by atoms with E-state index in [4.69, 9.17) is 8.83 Å². The largest absolute Gasteiger partial charge is 0.456 e. The fourth-order valence-corrected chi connectivity index (χ4v) is 10.8. The second-order valence-corrected chi connectivity index (χ2v) is 16.6. The van der Waals surface area contributed by atoms with Gasteiger partial charge in [0.1, 0.15) is 22.3 Å². The number of rotatable bonds is 5. The highest BCUT2D eigenvalue weighted by atomic mass is 32.1. The molecule has 0 aliphatic carbocycles. The van der Waals surface area contributed by atoms with E-state index in [2.05, 4.69) is 193 Å². The molecule has 0 N–H and O–H groups in total. The maximum absolute atomic E-state index is 6.58. The molecule has 280 valence electrons. The predicted molar refractivity (Wildman–Crippen MR) is 254 cm³/mol. The summed E-state index contributed by atoms with van der Waals surface area (Å²) in [5.74, 6) is 0. The Balaban J connectivity index is 1.05. The third-order valence-corrected chi connectivity index (χ3v) is 13.5. The number of benzene rings is 10. The van der Waals surface area contributed by atoms with Crippen molar-refractivity contribution < 1.29 is 8.83 Å². The summed E-state index contributed by atoms with van der Waals surface area (Å²) < 4.78 is 15.7. The van der Waals surface area contributed by atoms with Crippen LogP contribution < -0.4 is 4.90 Å². The zero-order chi connectivity index (χ0) is 39.3. The summed E-state index contributed by atoms with van der Waals surface area (Å²) in [6, 6.07) is 72.1. The minimum absolute atomic E-state index is 0.857. The number of furan rings is 2. The molecule has 3 aromatic heterocycles. The second kappa shape index (κ2) is 12.9. The molecule has 0 atom stereocenters. The Labute approximate surface area is 348 Å².